The van der Waals surface area contributed by atoms with Gasteiger partial charge in [-0.2, -0.15) is 16.8 Å². The molecular weight excluding hydrogens is 797 g/mol. The minimum absolute atomic E-state index is 0.750. The second kappa shape index (κ2) is 20.2. The predicted octanol–water partition coefficient (Wildman–Crippen LogP) is 7.90. The number of para-hydroxylation sites is 2. The van der Waals surface area contributed by atoms with Gasteiger partial charge in [-0.25, -0.2) is 19.9 Å². The Balaban J connectivity index is 0.000000183. The van der Waals surface area contributed by atoms with E-state index in [1.54, 1.807) is 28.9 Å². The van der Waals surface area contributed by atoms with Gasteiger partial charge >= 0.3 is 47.9 Å². The Bertz CT molecular complexity index is 2320. The van der Waals surface area contributed by atoms with E-state index in [1.807, 2.05) is 65.5 Å². The van der Waals surface area contributed by atoms with Gasteiger partial charge in [0.25, 0.3) is 0 Å². The van der Waals surface area contributed by atoms with E-state index >= 15 is 0 Å². The minimum Gasteiger partial charge on any atom is -0.301 e. The number of rotatable bonds is 4. The summed E-state index contributed by atoms with van der Waals surface area (Å²) in [5.41, 5.74) is 5.93. The van der Waals surface area contributed by atoms with Gasteiger partial charge < -0.3 is 9.13 Å². The second-order valence-electron chi connectivity index (χ2n) is 9.31. The standard InChI is InChI=1S/C16H10BrN3S.C16H11N3S.BHNS.2O2S/c17-13-10-20(11-4-2-1-3-5-11)15-12(13)6-7-14(19-15)16-18-8-9-21-16;1-2-4-13(5-3-1)19-10-8-12-6-7-14(18-15(12)19)16-17-9-11-20-16;1-2-3;2*1-3-2/h1-10H;1-11H;3H;;. The number of nitrogens with zero attached hydrogens (tertiary/aromatic N) is 7. The Labute approximate surface area is 316 Å². The van der Waals surface area contributed by atoms with Crippen molar-refractivity contribution in [2.45, 2.75) is 0 Å². The Hall–Kier alpha value is -4.59. The van der Waals surface area contributed by atoms with E-state index in [9.17, 15) is 0 Å². The first-order valence-electron chi connectivity index (χ1n) is 13.9. The number of hydrogen-bond donors (Lipinski definition) is 1. The smallest absolute Gasteiger partial charge is 0.145 e. The number of halogens is 1. The van der Waals surface area contributed by atoms with Crippen LogP contribution in [0, 0.1) is 0 Å². The summed E-state index contributed by atoms with van der Waals surface area (Å²) in [5.74, 6) is 0. The van der Waals surface area contributed by atoms with Gasteiger partial charge in [0.05, 0.1) is 0 Å². The average molecular weight is 820 g/mol. The van der Waals surface area contributed by atoms with Crippen LogP contribution in [-0.4, -0.2) is 53.5 Å². The van der Waals surface area contributed by atoms with Crippen LogP contribution in [0.1, 0.15) is 0 Å². The van der Waals surface area contributed by atoms with Gasteiger partial charge in [-0.3, -0.25) is 0 Å². The third-order valence-corrected chi connectivity index (χ3v) is 8.73. The topological polar surface area (TPSA) is 142 Å². The maximum absolute atomic E-state index is 8.29. The SMILES string of the molecule is Brc1cn(-c2ccccc2)c2nc(-c3nccs3)ccc12.O=S=O.O=S=O.[B]=NS.c1ccc(-n2ccc3ccc(-c4nccs4)nc32)cc1. The van der Waals surface area contributed by atoms with Gasteiger partial charge in [0.2, 0.25) is 0 Å². The molecule has 0 saturated heterocycles. The first-order chi connectivity index (χ1) is 24.5. The number of aromatic nitrogens is 6. The molecule has 0 fully saturated rings. The van der Waals surface area contributed by atoms with Crippen LogP contribution in [-0.2, 0) is 23.1 Å². The normalized spacial score (nSPS) is 9.78. The van der Waals surface area contributed by atoms with E-state index in [1.165, 1.54) is 0 Å². The molecule has 0 atom stereocenters. The van der Waals surface area contributed by atoms with Crippen LogP contribution in [0.15, 0.2) is 135 Å². The number of benzene rings is 2. The molecule has 0 saturated carbocycles. The monoisotopic (exact) mass is 818 g/mol. The number of thiazole rings is 2. The molecule has 0 aliphatic carbocycles. The van der Waals surface area contributed by atoms with Crippen molar-refractivity contribution in [1.29, 1.82) is 0 Å². The number of hydrogen-bond acceptors (Lipinski definition) is 12. The van der Waals surface area contributed by atoms with Crippen molar-refractivity contribution < 1.29 is 16.8 Å². The molecule has 11 nitrogen and oxygen atoms in total. The summed E-state index contributed by atoms with van der Waals surface area (Å²) in [6.07, 6.45) is 7.72. The summed E-state index contributed by atoms with van der Waals surface area (Å²) >= 11 is 8.51. The van der Waals surface area contributed by atoms with Crippen molar-refractivity contribution in [3.63, 3.8) is 0 Å². The predicted molar refractivity (Wildman–Crippen MR) is 207 cm³/mol. The van der Waals surface area contributed by atoms with Gasteiger partial charge in [0.15, 0.2) is 0 Å². The van der Waals surface area contributed by atoms with Gasteiger partial charge in [-0.05, 0) is 70.5 Å². The van der Waals surface area contributed by atoms with Crippen LogP contribution in [0.4, 0.5) is 0 Å². The summed E-state index contributed by atoms with van der Waals surface area (Å²) in [4.78, 5) is 18.2. The number of pyridine rings is 2. The largest absolute Gasteiger partial charge is 0.301 e. The van der Waals surface area contributed by atoms with E-state index in [0.717, 1.165) is 59.3 Å². The van der Waals surface area contributed by atoms with E-state index < -0.39 is 23.1 Å². The van der Waals surface area contributed by atoms with Crippen LogP contribution in [0.2, 0.25) is 0 Å². The molecule has 0 aliphatic heterocycles. The first kappa shape index (κ1) is 38.2. The fourth-order valence-electron chi connectivity index (χ4n) is 4.59. The van der Waals surface area contributed by atoms with Gasteiger partial charge in [-0.1, -0.05) is 36.4 Å². The molecule has 50 heavy (non-hydrogen) atoms. The zero-order chi connectivity index (χ0) is 35.7. The van der Waals surface area contributed by atoms with Crippen LogP contribution < -0.4 is 0 Å². The van der Waals surface area contributed by atoms with Crippen molar-refractivity contribution in [3.05, 3.63) is 131 Å². The van der Waals surface area contributed by atoms with Crippen molar-refractivity contribution in [1.82, 2.24) is 29.1 Å². The summed E-state index contributed by atoms with van der Waals surface area (Å²) in [6, 6.07) is 30.8. The summed E-state index contributed by atoms with van der Waals surface area (Å²) in [7, 11) is 4.34. The van der Waals surface area contributed by atoms with E-state index in [4.69, 9.17) is 26.8 Å². The van der Waals surface area contributed by atoms with Crippen molar-refractivity contribution in [2.24, 2.45) is 4.30 Å². The Morgan fingerprint density at radius 3 is 1.66 bits per heavy atom. The molecule has 6 aromatic heterocycles. The fraction of sp³-hybridized carbons (Fsp3) is 0. The molecule has 0 aliphatic rings. The molecule has 2 aromatic carbocycles. The van der Waals surface area contributed by atoms with Crippen LogP contribution >= 0.6 is 51.4 Å². The first-order valence-corrected chi connectivity index (χ1v) is 18.2. The van der Waals surface area contributed by atoms with E-state index in [-0.39, 0.29) is 0 Å². The van der Waals surface area contributed by atoms with E-state index in [2.05, 4.69) is 115 Å². The molecule has 0 bridgehead atoms. The second-order valence-corrected chi connectivity index (χ2v) is 12.5. The Kier molecular flexibility index (Phi) is 15.4. The van der Waals surface area contributed by atoms with Crippen molar-refractivity contribution in [3.8, 4) is 32.8 Å². The van der Waals surface area contributed by atoms with Crippen molar-refractivity contribution >= 4 is 104 Å². The molecule has 1 radical (unpaired) electrons. The molecule has 249 valence electrons. The third kappa shape index (κ3) is 9.99. The zero-order valence-corrected chi connectivity index (χ0v) is 31.2. The molecular formula is C32H22BBrN7O4S5. The quantitative estimate of drug-likeness (QED) is 0.140. The van der Waals surface area contributed by atoms with Gasteiger partial charge in [0.1, 0.15) is 32.7 Å². The minimum atomic E-state index is -0.750. The number of fused-ring (bicyclic) bond motifs is 2. The molecule has 0 unspecified atom stereocenters. The van der Waals surface area contributed by atoms with Crippen LogP contribution in [0.3, 0.4) is 0 Å². The molecule has 6 heterocycles. The summed E-state index contributed by atoms with van der Waals surface area (Å²) in [6.45, 7) is 0. The van der Waals surface area contributed by atoms with Gasteiger partial charge in [-0.15, -0.1) is 22.7 Å². The third-order valence-electron chi connectivity index (χ3n) is 6.51. The van der Waals surface area contributed by atoms with Crippen LogP contribution in [0.25, 0.3) is 54.8 Å². The molecule has 8 aromatic rings. The fourth-order valence-corrected chi connectivity index (χ4v) is 6.32. The van der Waals surface area contributed by atoms with Gasteiger partial charge in [0, 0.05) is 62.2 Å². The average Bonchev–Trinajstić information content (AvgIpc) is 3.98. The Morgan fingerprint density at radius 2 is 1.16 bits per heavy atom. The molecule has 0 amide bonds. The maximum atomic E-state index is 8.29. The molecule has 18 heteroatoms. The summed E-state index contributed by atoms with van der Waals surface area (Å²) < 4.78 is 41.1. The zero-order valence-electron chi connectivity index (χ0n) is 25.4. The molecule has 8 rings (SSSR count). The molecule has 0 spiro atoms. The summed E-state index contributed by atoms with van der Waals surface area (Å²) in [5, 5.41) is 8.06. The molecule has 0 N–H and O–H groups in total. The Morgan fingerprint density at radius 1 is 0.680 bits per heavy atom. The van der Waals surface area contributed by atoms with E-state index in [0.29, 0.717) is 0 Å². The van der Waals surface area contributed by atoms with Crippen molar-refractivity contribution in [2.75, 3.05) is 0 Å². The number of thiol groups is 1. The maximum Gasteiger partial charge on any atom is 0.145 e. The van der Waals surface area contributed by atoms with Crippen LogP contribution in [0.5, 0.6) is 0 Å².